The first-order valence-corrected chi connectivity index (χ1v) is 5.16. The smallest absolute Gasteiger partial charge is 0.101 e. The van der Waals surface area contributed by atoms with Crippen molar-refractivity contribution in [3.63, 3.8) is 0 Å². The Balaban J connectivity index is 2.17. The Hall–Kier alpha value is -3.01. The summed E-state index contributed by atoms with van der Waals surface area (Å²) in [7, 11) is 0. The Bertz CT molecular complexity index is 692. The third-order valence-electron chi connectivity index (χ3n) is 2.46. The lowest BCUT2D eigenvalue weighted by atomic mass is 10.2. The van der Waals surface area contributed by atoms with Gasteiger partial charge in [0.25, 0.3) is 0 Å². The number of nitrogens with zero attached hydrogens (tertiary/aromatic N) is 7. The van der Waals surface area contributed by atoms with E-state index in [0.29, 0.717) is 11.3 Å². The molecular weight excluding hydrogens is 230 g/mol. The van der Waals surface area contributed by atoms with Gasteiger partial charge in [0.1, 0.15) is 6.07 Å². The maximum atomic E-state index is 9.09. The summed E-state index contributed by atoms with van der Waals surface area (Å²) < 4.78 is 3.15. The Kier molecular flexibility index (Phi) is 2.32. The van der Waals surface area contributed by atoms with Crippen LogP contribution in [0.4, 0.5) is 0 Å². The summed E-state index contributed by atoms with van der Waals surface area (Å²) in [5.74, 6) is 0. The van der Waals surface area contributed by atoms with Crippen LogP contribution >= 0.6 is 0 Å². The van der Waals surface area contributed by atoms with Crippen LogP contribution < -0.4 is 0 Å². The number of hydrogen-bond acceptors (Lipinski definition) is 5. The highest BCUT2D eigenvalue weighted by Gasteiger charge is 2.07. The monoisotopic (exact) mass is 237 g/mol. The molecule has 86 valence electrons. The average Bonchev–Trinajstić information content (AvgIpc) is 3.11. The molecule has 0 aliphatic carbocycles. The largest absolute Gasteiger partial charge is 0.221 e. The second kappa shape index (κ2) is 4.10. The molecular formula is C11H7N7. The molecule has 2 heterocycles. The minimum atomic E-state index is 0.518. The van der Waals surface area contributed by atoms with Gasteiger partial charge in [0.05, 0.1) is 41.7 Å². The second-order valence-electron chi connectivity index (χ2n) is 3.51. The summed E-state index contributed by atoms with van der Waals surface area (Å²) in [6.45, 7) is 0. The third kappa shape index (κ3) is 1.62. The molecule has 3 rings (SSSR count). The molecule has 0 saturated carbocycles. The summed E-state index contributed by atoms with van der Waals surface area (Å²) in [6, 6.07) is 7.45. The van der Waals surface area contributed by atoms with Gasteiger partial charge in [0.15, 0.2) is 0 Å². The van der Waals surface area contributed by atoms with Gasteiger partial charge in [0, 0.05) is 0 Å². The van der Waals surface area contributed by atoms with E-state index in [1.54, 1.807) is 46.3 Å². The van der Waals surface area contributed by atoms with Crippen molar-refractivity contribution < 1.29 is 0 Å². The molecule has 0 bridgehead atoms. The number of hydrogen-bond donors (Lipinski definition) is 0. The summed E-state index contributed by atoms with van der Waals surface area (Å²) >= 11 is 0. The van der Waals surface area contributed by atoms with Crippen LogP contribution in [-0.2, 0) is 0 Å². The molecule has 0 atom stereocenters. The SMILES string of the molecule is N#Cc1ccc(-n2ccnn2)cc1-n1ccnn1. The van der Waals surface area contributed by atoms with Crippen molar-refractivity contribution in [1.82, 2.24) is 30.0 Å². The van der Waals surface area contributed by atoms with Gasteiger partial charge < -0.3 is 0 Å². The molecule has 7 nitrogen and oxygen atoms in total. The van der Waals surface area contributed by atoms with Crippen LogP contribution in [0.2, 0.25) is 0 Å². The van der Waals surface area contributed by atoms with Crippen molar-refractivity contribution in [3.8, 4) is 17.4 Å². The normalized spacial score (nSPS) is 10.2. The van der Waals surface area contributed by atoms with Gasteiger partial charge in [-0.2, -0.15) is 5.26 Å². The summed E-state index contributed by atoms with van der Waals surface area (Å²) in [5.41, 5.74) is 1.98. The molecule has 0 N–H and O–H groups in total. The molecule has 0 saturated heterocycles. The van der Waals surface area contributed by atoms with Crippen LogP contribution in [0.5, 0.6) is 0 Å². The maximum Gasteiger partial charge on any atom is 0.101 e. The van der Waals surface area contributed by atoms with Crippen molar-refractivity contribution in [3.05, 3.63) is 48.5 Å². The number of benzene rings is 1. The van der Waals surface area contributed by atoms with Gasteiger partial charge in [0.2, 0.25) is 0 Å². The molecule has 1 aromatic carbocycles. The molecule has 0 aliphatic rings. The van der Waals surface area contributed by atoms with Gasteiger partial charge in [-0.1, -0.05) is 10.4 Å². The van der Waals surface area contributed by atoms with Crippen LogP contribution in [0, 0.1) is 11.3 Å². The zero-order valence-electron chi connectivity index (χ0n) is 9.17. The third-order valence-corrected chi connectivity index (χ3v) is 2.46. The van der Waals surface area contributed by atoms with E-state index in [1.165, 1.54) is 0 Å². The summed E-state index contributed by atoms with van der Waals surface area (Å²) in [5, 5.41) is 24.4. The summed E-state index contributed by atoms with van der Waals surface area (Å²) in [6.07, 6.45) is 6.56. The fourth-order valence-electron chi connectivity index (χ4n) is 1.63. The molecule has 0 spiro atoms. The standard InChI is InChI=1S/C11H7N7/c12-8-9-1-2-10(17-5-3-13-15-17)7-11(9)18-6-4-14-16-18/h1-7H. The van der Waals surface area contributed by atoms with Gasteiger partial charge >= 0.3 is 0 Å². The Morgan fingerprint density at radius 1 is 1.00 bits per heavy atom. The predicted molar refractivity (Wildman–Crippen MR) is 61.0 cm³/mol. The van der Waals surface area contributed by atoms with E-state index in [-0.39, 0.29) is 0 Å². The zero-order valence-corrected chi connectivity index (χ0v) is 9.17. The zero-order chi connectivity index (χ0) is 12.4. The summed E-state index contributed by atoms with van der Waals surface area (Å²) in [4.78, 5) is 0. The number of rotatable bonds is 2. The lowest BCUT2D eigenvalue weighted by molar-refractivity contribution is 0.784. The van der Waals surface area contributed by atoms with E-state index in [2.05, 4.69) is 26.7 Å². The Morgan fingerprint density at radius 3 is 2.33 bits per heavy atom. The molecule has 0 radical (unpaired) electrons. The van der Waals surface area contributed by atoms with Crippen molar-refractivity contribution in [2.24, 2.45) is 0 Å². The average molecular weight is 237 g/mol. The molecule has 0 amide bonds. The molecule has 0 unspecified atom stereocenters. The van der Waals surface area contributed by atoms with Crippen LogP contribution in [-0.4, -0.2) is 30.0 Å². The molecule has 0 fully saturated rings. The van der Waals surface area contributed by atoms with Crippen molar-refractivity contribution >= 4 is 0 Å². The topological polar surface area (TPSA) is 85.2 Å². The highest BCUT2D eigenvalue weighted by atomic mass is 15.4. The van der Waals surface area contributed by atoms with Gasteiger partial charge in [-0.25, -0.2) is 9.36 Å². The van der Waals surface area contributed by atoms with Gasteiger partial charge in [-0.3, -0.25) is 0 Å². The highest BCUT2D eigenvalue weighted by molar-refractivity contribution is 5.53. The molecule has 7 heteroatoms. The van der Waals surface area contributed by atoms with Gasteiger partial charge in [-0.05, 0) is 18.2 Å². The maximum absolute atomic E-state index is 9.09. The first-order chi connectivity index (χ1) is 8.88. The van der Waals surface area contributed by atoms with Crippen LogP contribution in [0.15, 0.2) is 43.0 Å². The molecule has 2 aromatic heterocycles. The van der Waals surface area contributed by atoms with Crippen LogP contribution in [0.3, 0.4) is 0 Å². The number of nitriles is 1. The second-order valence-corrected chi connectivity index (χ2v) is 3.51. The van der Waals surface area contributed by atoms with E-state index in [4.69, 9.17) is 5.26 Å². The van der Waals surface area contributed by atoms with Crippen LogP contribution in [0.1, 0.15) is 5.56 Å². The van der Waals surface area contributed by atoms with E-state index in [1.807, 2.05) is 6.07 Å². The predicted octanol–water partition coefficient (Wildman–Crippen LogP) is 0.720. The first-order valence-electron chi connectivity index (χ1n) is 5.16. The fourth-order valence-corrected chi connectivity index (χ4v) is 1.63. The minimum Gasteiger partial charge on any atom is -0.221 e. The van der Waals surface area contributed by atoms with Gasteiger partial charge in [-0.15, -0.1) is 10.2 Å². The van der Waals surface area contributed by atoms with E-state index in [0.717, 1.165) is 5.69 Å². The van der Waals surface area contributed by atoms with E-state index < -0.39 is 0 Å². The van der Waals surface area contributed by atoms with E-state index in [9.17, 15) is 0 Å². The lowest BCUT2D eigenvalue weighted by Gasteiger charge is -2.06. The minimum absolute atomic E-state index is 0.518. The lowest BCUT2D eigenvalue weighted by Crippen LogP contribution is -2.02. The van der Waals surface area contributed by atoms with Crippen LogP contribution in [0.25, 0.3) is 11.4 Å². The van der Waals surface area contributed by atoms with E-state index >= 15 is 0 Å². The Morgan fingerprint density at radius 2 is 1.72 bits per heavy atom. The quantitative estimate of drug-likeness (QED) is 0.655. The number of aromatic nitrogens is 6. The molecule has 3 aromatic rings. The van der Waals surface area contributed by atoms with Crippen molar-refractivity contribution in [2.45, 2.75) is 0 Å². The molecule has 0 aliphatic heterocycles. The first kappa shape index (κ1) is 10.2. The van der Waals surface area contributed by atoms with Crippen molar-refractivity contribution in [1.29, 1.82) is 5.26 Å². The van der Waals surface area contributed by atoms with Crippen molar-refractivity contribution in [2.75, 3.05) is 0 Å². The highest BCUT2D eigenvalue weighted by Crippen LogP contribution is 2.17. The molecule has 18 heavy (non-hydrogen) atoms. The Labute approximate surface area is 102 Å². The fraction of sp³-hybridized carbons (Fsp3) is 0.